The summed E-state index contributed by atoms with van der Waals surface area (Å²) in [4.78, 5) is 26.9. The van der Waals surface area contributed by atoms with E-state index < -0.39 is 10.9 Å². The number of rotatable bonds is 6. The molecule has 0 atom stereocenters. The van der Waals surface area contributed by atoms with E-state index in [4.69, 9.17) is 18.9 Å². The second-order valence-electron chi connectivity index (χ2n) is 5.59. The molecule has 0 bridgehead atoms. The van der Waals surface area contributed by atoms with Crippen molar-refractivity contribution >= 4 is 23.6 Å². The van der Waals surface area contributed by atoms with Crippen molar-refractivity contribution in [3.05, 3.63) is 63.3 Å². The van der Waals surface area contributed by atoms with Crippen LogP contribution >= 0.6 is 0 Å². The topological polar surface area (TPSA) is 109 Å². The molecule has 2 aromatic carbocycles. The molecular formula is C19H16N2O7. The summed E-state index contributed by atoms with van der Waals surface area (Å²) in [6.07, 6.45) is 1.52. The molecule has 0 N–H and O–H groups in total. The van der Waals surface area contributed by atoms with Gasteiger partial charge in [-0.3, -0.25) is 10.1 Å². The largest absolute Gasteiger partial charge is 0.496 e. The number of nitrogens with zero attached hydrogens (tertiary/aromatic N) is 2. The molecule has 2 aromatic rings. The smallest absolute Gasteiger partial charge is 0.363 e. The highest BCUT2D eigenvalue weighted by Crippen LogP contribution is 2.31. The molecule has 0 unspecified atom stereocenters. The molecule has 0 spiro atoms. The second kappa shape index (κ2) is 7.78. The fourth-order valence-corrected chi connectivity index (χ4v) is 2.60. The van der Waals surface area contributed by atoms with Gasteiger partial charge in [-0.25, -0.2) is 9.79 Å². The van der Waals surface area contributed by atoms with Crippen LogP contribution in [0.15, 0.2) is 47.1 Å². The molecule has 0 radical (unpaired) electrons. The van der Waals surface area contributed by atoms with Crippen molar-refractivity contribution in [2.75, 3.05) is 21.3 Å². The Labute approximate surface area is 160 Å². The van der Waals surface area contributed by atoms with Gasteiger partial charge in [-0.2, -0.15) is 0 Å². The molecule has 0 saturated carbocycles. The van der Waals surface area contributed by atoms with Crippen LogP contribution in [0.25, 0.3) is 6.08 Å². The lowest BCUT2D eigenvalue weighted by molar-refractivity contribution is -0.384. The Morgan fingerprint density at radius 2 is 1.68 bits per heavy atom. The van der Waals surface area contributed by atoms with Gasteiger partial charge in [0.15, 0.2) is 17.2 Å². The molecule has 9 heteroatoms. The Morgan fingerprint density at radius 1 is 1.00 bits per heavy atom. The van der Waals surface area contributed by atoms with Crippen LogP contribution in [0.5, 0.6) is 17.2 Å². The van der Waals surface area contributed by atoms with Gasteiger partial charge in [0.25, 0.3) is 5.69 Å². The average Bonchev–Trinajstić information content (AvgIpc) is 3.07. The van der Waals surface area contributed by atoms with Gasteiger partial charge in [-0.05, 0) is 29.8 Å². The highest BCUT2D eigenvalue weighted by molar-refractivity contribution is 6.14. The number of benzene rings is 2. The lowest BCUT2D eigenvalue weighted by Crippen LogP contribution is -2.07. The molecule has 1 aliphatic rings. The number of esters is 1. The average molecular weight is 384 g/mol. The number of hydrogen-bond donors (Lipinski definition) is 0. The summed E-state index contributed by atoms with van der Waals surface area (Å²) < 4.78 is 20.8. The van der Waals surface area contributed by atoms with Gasteiger partial charge >= 0.3 is 5.97 Å². The van der Waals surface area contributed by atoms with Gasteiger partial charge in [-0.1, -0.05) is 6.07 Å². The summed E-state index contributed by atoms with van der Waals surface area (Å²) in [7, 11) is 4.43. The standard InChI is InChI=1S/C19H16N2O7/c1-25-15-7-5-12(21(23)24)10-13(15)18-20-14(19(22)28-18)8-11-4-6-16(26-2)17(9-11)27-3/h4-10H,1-3H3. The number of hydrogen-bond acceptors (Lipinski definition) is 8. The van der Waals surface area contributed by atoms with E-state index in [1.54, 1.807) is 18.2 Å². The number of carbonyl (C=O) groups excluding carboxylic acids is 1. The van der Waals surface area contributed by atoms with E-state index in [9.17, 15) is 14.9 Å². The SMILES string of the molecule is COc1ccc(C=C2N=C(c3cc([N+](=O)[O-])ccc3OC)OC2=O)cc1OC. The van der Waals surface area contributed by atoms with Crippen LogP contribution < -0.4 is 14.2 Å². The lowest BCUT2D eigenvalue weighted by atomic mass is 10.1. The van der Waals surface area contributed by atoms with Crippen LogP contribution in [0.4, 0.5) is 5.69 Å². The normalized spacial score (nSPS) is 14.5. The van der Waals surface area contributed by atoms with Crippen LogP contribution in [-0.4, -0.2) is 38.1 Å². The second-order valence-corrected chi connectivity index (χ2v) is 5.59. The Balaban J connectivity index is 2.01. The molecule has 3 rings (SSSR count). The Hall–Kier alpha value is -3.88. The van der Waals surface area contributed by atoms with Crippen LogP contribution in [0.3, 0.4) is 0 Å². The minimum atomic E-state index is -0.682. The first-order valence-electron chi connectivity index (χ1n) is 8.04. The molecule has 0 aliphatic carbocycles. The maximum absolute atomic E-state index is 12.2. The first kappa shape index (κ1) is 18.9. The quantitative estimate of drug-likeness (QED) is 0.326. The summed E-state index contributed by atoms with van der Waals surface area (Å²) >= 11 is 0. The van der Waals surface area contributed by atoms with Crippen LogP contribution in [0.1, 0.15) is 11.1 Å². The number of nitro benzene ring substituents is 1. The summed E-state index contributed by atoms with van der Waals surface area (Å²) in [6.45, 7) is 0. The number of ether oxygens (including phenoxy) is 4. The first-order valence-corrected chi connectivity index (χ1v) is 8.04. The minimum Gasteiger partial charge on any atom is -0.496 e. The number of non-ortho nitro benzene ring substituents is 1. The molecule has 0 aromatic heterocycles. The van der Waals surface area contributed by atoms with Crippen molar-refractivity contribution in [3.8, 4) is 17.2 Å². The number of cyclic esters (lactones) is 1. The maximum atomic E-state index is 12.2. The first-order chi connectivity index (χ1) is 13.5. The molecule has 28 heavy (non-hydrogen) atoms. The highest BCUT2D eigenvalue weighted by atomic mass is 16.6. The van der Waals surface area contributed by atoms with E-state index in [0.29, 0.717) is 22.8 Å². The van der Waals surface area contributed by atoms with Crippen molar-refractivity contribution < 1.29 is 28.7 Å². The fraction of sp³-hybridized carbons (Fsp3) is 0.158. The zero-order chi connectivity index (χ0) is 20.3. The summed E-state index contributed by atoms with van der Waals surface area (Å²) in [5.74, 6) is 0.581. The summed E-state index contributed by atoms with van der Waals surface area (Å²) in [5, 5.41) is 11.0. The third-order valence-electron chi connectivity index (χ3n) is 3.96. The molecule has 0 saturated heterocycles. The minimum absolute atomic E-state index is 0.0378. The molecular weight excluding hydrogens is 368 g/mol. The highest BCUT2D eigenvalue weighted by Gasteiger charge is 2.28. The van der Waals surface area contributed by atoms with E-state index in [2.05, 4.69) is 4.99 Å². The van der Waals surface area contributed by atoms with Gasteiger partial charge in [0.2, 0.25) is 5.90 Å². The number of methoxy groups -OCH3 is 3. The molecule has 1 heterocycles. The Kier molecular flexibility index (Phi) is 5.25. The Bertz CT molecular complexity index is 1010. The van der Waals surface area contributed by atoms with Gasteiger partial charge < -0.3 is 18.9 Å². The molecule has 144 valence electrons. The predicted octanol–water partition coefficient (Wildman–Crippen LogP) is 2.97. The van der Waals surface area contributed by atoms with E-state index in [-0.39, 0.29) is 22.8 Å². The van der Waals surface area contributed by atoms with Crippen LogP contribution in [0.2, 0.25) is 0 Å². The third kappa shape index (κ3) is 3.63. The molecule has 0 fully saturated rings. The van der Waals surface area contributed by atoms with Crippen molar-refractivity contribution in [2.24, 2.45) is 4.99 Å². The van der Waals surface area contributed by atoms with Gasteiger partial charge in [0, 0.05) is 12.1 Å². The molecule has 1 aliphatic heterocycles. The number of carbonyl (C=O) groups is 1. The van der Waals surface area contributed by atoms with Crippen LogP contribution in [0, 0.1) is 10.1 Å². The molecule has 0 amide bonds. The summed E-state index contributed by atoms with van der Waals surface area (Å²) in [5.41, 5.74) is 0.712. The van der Waals surface area contributed by atoms with Crippen molar-refractivity contribution in [1.82, 2.24) is 0 Å². The Morgan fingerprint density at radius 3 is 2.32 bits per heavy atom. The monoisotopic (exact) mass is 384 g/mol. The number of nitro groups is 1. The summed E-state index contributed by atoms with van der Waals surface area (Å²) in [6, 6.07) is 9.05. The van der Waals surface area contributed by atoms with E-state index in [0.717, 1.165) is 0 Å². The van der Waals surface area contributed by atoms with Crippen molar-refractivity contribution in [1.29, 1.82) is 0 Å². The van der Waals surface area contributed by atoms with E-state index in [1.807, 2.05) is 0 Å². The van der Waals surface area contributed by atoms with Gasteiger partial charge in [-0.15, -0.1) is 0 Å². The van der Waals surface area contributed by atoms with Gasteiger partial charge in [0.05, 0.1) is 31.8 Å². The maximum Gasteiger partial charge on any atom is 0.363 e. The zero-order valence-corrected chi connectivity index (χ0v) is 15.3. The third-order valence-corrected chi connectivity index (χ3v) is 3.96. The van der Waals surface area contributed by atoms with E-state index in [1.165, 1.54) is 45.6 Å². The lowest BCUT2D eigenvalue weighted by Gasteiger charge is -2.07. The fourth-order valence-electron chi connectivity index (χ4n) is 2.60. The van der Waals surface area contributed by atoms with Crippen molar-refractivity contribution in [2.45, 2.75) is 0 Å². The van der Waals surface area contributed by atoms with Gasteiger partial charge in [0.1, 0.15) is 5.75 Å². The predicted molar refractivity (Wildman–Crippen MR) is 99.8 cm³/mol. The van der Waals surface area contributed by atoms with E-state index >= 15 is 0 Å². The van der Waals surface area contributed by atoms with Crippen molar-refractivity contribution in [3.63, 3.8) is 0 Å². The molecule has 9 nitrogen and oxygen atoms in total. The zero-order valence-electron chi connectivity index (χ0n) is 15.3. The number of aliphatic imine (C=N–C) groups is 1. The van der Waals surface area contributed by atoms with Crippen LogP contribution in [-0.2, 0) is 9.53 Å².